The summed E-state index contributed by atoms with van der Waals surface area (Å²) in [7, 11) is 1.97. The zero-order valence-corrected chi connectivity index (χ0v) is 8.96. The fourth-order valence-electron chi connectivity index (χ4n) is 1.32. The minimum Gasteiger partial charge on any atom is -0.373 e. The molecule has 1 aromatic rings. The Balaban J connectivity index is 2.79. The lowest BCUT2D eigenvalue weighted by molar-refractivity contribution is 0.855. The van der Waals surface area contributed by atoms with E-state index in [9.17, 15) is 0 Å². The Hall–Kier alpha value is -1.20. The van der Waals surface area contributed by atoms with Gasteiger partial charge in [-0.3, -0.25) is 0 Å². The fourth-order valence-corrected chi connectivity index (χ4v) is 1.44. The number of hydrogen-bond donors (Lipinski definition) is 0. The van der Waals surface area contributed by atoms with Crippen molar-refractivity contribution >= 4 is 17.3 Å². The number of benzene rings is 1. The molecule has 0 amide bonds. The molecule has 0 bridgehead atoms. The van der Waals surface area contributed by atoms with Crippen LogP contribution in [0.25, 0.3) is 0 Å². The first-order valence-electron chi connectivity index (χ1n) is 4.56. The van der Waals surface area contributed by atoms with Gasteiger partial charge in [0.15, 0.2) is 0 Å². The maximum Gasteiger partial charge on any atom is 0.101 e. The van der Waals surface area contributed by atoms with Crippen LogP contribution in [0.5, 0.6) is 0 Å². The normalized spacial score (nSPS) is 9.50. The third-order valence-corrected chi connectivity index (χ3v) is 2.33. The zero-order chi connectivity index (χ0) is 10.4. The molecule has 3 heteroatoms. The van der Waals surface area contributed by atoms with Gasteiger partial charge in [-0.2, -0.15) is 5.26 Å². The first kappa shape index (κ1) is 10.9. The molecular formula is C11H13ClN2. The second-order valence-corrected chi connectivity index (χ2v) is 3.47. The van der Waals surface area contributed by atoms with Crippen LogP contribution in [0.2, 0.25) is 0 Å². The molecule has 0 N–H and O–H groups in total. The number of alkyl halides is 1. The highest BCUT2D eigenvalue weighted by Crippen LogP contribution is 2.17. The molecule has 0 aliphatic rings. The van der Waals surface area contributed by atoms with E-state index in [0.29, 0.717) is 11.4 Å². The quantitative estimate of drug-likeness (QED) is 0.712. The maximum absolute atomic E-state index is 8.89. The number of rotatable bonds is 4. The van der Waals surface area contributed by atoms with Crippen molar-refractivity contribution in [3.8, 4) is 6.07 Å². The number of nitrogens with zero attached hydrogens (tertiary/aromatic N) is 2. The summed E-state index contributed by atoms with van der Waals surface area (Å²) >= 11 is 5.62. The van der Waals surface area contributed by atoms with Gasteiger partial charge < -0.3 is 4.90 Å². The van der Waals surface area contributed by atoms with Crippen molar-refractivity contribution < 1.29 is 0 Å². The third-order valence-electron chi connectivity index (χ3n) is 2.06. The molecule has 0 aliphatic carbocycles. The number of para-hydroxylation sites is 1. The second kappa shape index (κ2) is 5.51. The molecule has 0 atom stereocenters. The molecule has 0 saturated heterocycles. The van der Waals surface area contributed by atoms with Gasteiger partial charge in [0.25, 0.3) is 0 Å². The number of nitriles is 1. The van der Waals surface area contributed by atoms with Gasteiger partial charge in [0, 0.05) is 19.5 Å². The van der Waals surface area contributed by atoms with E-state index in [1.807, 2.05) is 31.3 Å². The fraction of sp³-hybridized carbons (Fsp3) is 0.364. The smallest absolute Gasteiger partial charge is 0.101 e. The molecule has 0 fully saturated rings. The van der Waals surface area contributed by atoms with Crippen LogP contribution in [0.4, 0.5) is 5.69 Å². The number of halogens is 1. The van der Waals surface area contributed by atoms with Gasteiger partial charge in [0.05, 0.1) is 11.3 Å². The lowest BCUT2D eigenvalue weighted by Crippen LogP contribution is -2.19. The average molecular weight is 209 g/mol. The predicted octanol–water partition coefficient (Wildman–Crippen LogP) is 2.62. The highest BCUT2D eigenvalue weighted by Gasteiger charge is 2.04. The van der Waals surface area contributed by atoms with E-state index in [1.165, 1.54) is 0 Å². The summed E-state index contributed by atoms with van der Waals surface area (Å²) in [6.07, 6.45) is 0.928. The Morgan fingerprint density at radius 1 is 1.43 bits per heavy atom. The van der Waals surface area contributed by atoms with Gasteiger partial charge in [-0.15, -0.1) is 11.6 Å². The van der Waals surface area contributed by atoms with Gasteiger partial charge in [-0.05, 0) is 18.6 Å². The highest BCUT2D eigenvalue weighted by molar-refractivity contribution is 6.17. The van der Waals surface area contributed by atoms with E-state index >= 15 is 0 Å². The molecule has 0 heterocycles. The van der Waals surface area contributed by atoms with E-state index in [2.05, 4.69) is 11.0 Å². The molecule has 0 spiro atoms. The predicted molar refractivity (Wildman–Crippen MR) is 59.8 cm³/mol. The molecule has 0 aromatic heterocycles. The summed E-state index contributed by atoms with van der Waals surface area (Å²) in [5.74, 6) is 0.652. The van der Waals surface area contributed by atoms with Gasteiger partial charge in [0.1, 0.15) is 6.07 Å². The topological polar surface area (TPSA) is 27.0 Å². The third kappa shape index (κ3) is 2.65. The van der Waals surface area contributed by atoms with Gasteiger partial charge in [0.2, 0.25) is 0 Å². The minimum atomic E-state index is 0.652. The number of anilines is 1. The van der Waals surface area contributed by atoms with Crippen LogP contribution in [-0.4, -0.2) is 19.5 Å². The molecule has 74 valence electrons. The van der Waals surface area contributed by atoms with E-state index in [0.717, 1.165) is 18.7 Å². The molecule has 2 nitrogen and oxygen atoms in total. The average Bonchev–Trinajstić information content (AvgIpc) is 2.25. The standard InChI is InChI=1S/C11H13ClN2/c1-14(8-4-7-12)11-6-3-2-5-10(11)9-13/h2-3,5-6H,4,7-8H2,1H3. The SMILES string of the molecule is CN(CCCCl)c1ccccc1C#N. The van der Waals surface area contributed by atoms with Crippen molar-refractivity contribution in [2.75, 3.05) is 24.4 Å². The first-order valence-corrected chi connectivity index (χ1v) is 5.09. The van der Waals surface area contributed by atoms with Crippen molar-refractivity contribution in [1.82, 2.24) is 0 Å². The second-order valence-electron chi connectivity index (χ2n) is 3.09. The lowest BCUT2D eigenvalue weighted by Gasteiger charge is -2.19. The molecule has 0 aliphatic heterocycles. The van der Waals surface area contributed by atoms with E-state index in [-0.39, 0.29) is 0 Å². The van der Waals surface area contributed by atoms with Crippen LogP contribution in [0.15, 0.2) is 24.3 Å². The summed E-state index contributed by atoms with van der Waals surface area (Å²) in [6.45, 7) is 0.877. The van der Waals surface area contributed by atoms with Crippen molar-refractivity contribution in [1.29, 1.82) is 5.26 Å². The number of hydrogen-bond acceptors (Lipinski definition) is 2. The molecule has 1 aromatic carbocycles. The molecule has 1 rings (SSSR count). The van der Waals surface area contributed by atoms with Gasteiger partial charge in [-0.25, -0.2) is 0 Å². The van der Waals surface area contributed by atoms with E-state index < -0.39 is 0 Å². The van der Waals surface area contributed by atoms with Crippen LogP contribution in [0.3, 0.4) is 0 Å². The van der Waals surface area contributed by atoms with Crippen LogP contribution < -0.4 is 4.90 Å². The summed E-state index contributed by atoms with van der Waals surface area (Å²) in [5.41, 5.74) is 1.68. The Kier molecular flexibility index (Phi) is 4.28. The molecule has 0 unspecified atom stereocenters. The molecule has 14 heavy (non-hydrogen) atoms. The Bertz CT molecular complexity index is 330. The van der Waals surface area contributed by atoms with Crippen molar-refractivity contribution in [3.63, 3.8) is 0 Å². The van der Waals surface area contributed by atoms with Crippen molar-refractivity contribution in [2.24, 2.45) is 0 Å². The largest absolute Gasteiger partial charge is 0.373 e. The molecule has 0 radical (unpaired) electrons. The summed E-state index contributed by atoms with van der Waals surface area (Å²) in [4.78, 5) is 2.06. The Labute approximate surface area is 89.7 Å². The van der Waals surface area contributed by atoms with Crippen molar-refractivity contribution in [2.45, 2.75) is 6.42 Å². The monoisotopic (exact) mass is 208 g/mol. The first-order chi connectivity index (χ1) is 6.79. The summed E-state index contributed by atoms with van der Waals surface area (Å²) in [6, 6.07) is 9.77. The minimum absolute atomic E-state index is 0.652. The van der Waals surface area contributed by atoms with Gasteiger partial charge in [-0.1, -0.05) is 12.1 Å². The van der Waals surface area contributed by atoms with Crippen LogP contribution in [0.1, 0.15) is 12.0 Å². The van der Waals surface area contributed by atoms with E-state index in [4.69, 9.17) is 16.9 Å². The van der Waals surface area contributed by atoms with E-state index in [1.54, 1.807) is 0 Å². The molecular weight excluding hydrogens is 196 g/mol. The molecule has 0 saturated carbocycles. The van der Waals surface area contributed by atoms with Crippen molar-refractivity contribution in [3.05, 3.63) is 29.8 Å². The van der Waals surface area contributed by atoms with Gasteiger partial charge >= 0.3 is 0 Å². The van der Waals surface area contributed by atoms with Crippen LogP contribution in [0, 0.1) is 11.3 Å². The van der Waals surface area contributed by atoms with Crippen LogP contribution in [-0.2, 0) is 0 Å². The maximum atomic E-state index is 8.89. The highest BCUT2D eigenvalue weighted by atomic mass is 35.5. The van der Waals surface area contributed by atoms with Crippen LogP contribution >= 0.6 is 11.6 Å². The summed E-state index contributed by atoms with van der Waals surface area (Å²) < 4.78 is 0. The Morgan fingerprint density at radius 3 is 2.79 bits per heavy atom. The zero-order valence-electron chi connectivity index (χ0n) is 8.20. The lowest BCUT2D eigenvalue weighted by atomic mass is 10.2. The summed E-state index contributed by atoms with van der Waals surface area (Å²) in [5, 5.41) is 8.89. The Morgan fingerprint density at radius 2 is 2.14 bits per heavy atom.